The highest BCUT2D eigenvalue weighted by atomic mass is 15.1. The molecule has 0 aromatic carbocycles. The minimum absolute atomic E-state index is 1.04. The van der Waals surface area contributed by atoms with Crippen LogP contribution in [0.5, 0.6) is 0 Å². The summed E-state index contributed by atoms with van der Waals surface area (Å²) in [5.74, 6) is 3.24. The van der Waals surface area contributed by atoms with Crippen LogP contribution in [0.1, 0.15) is 51.4 Å². The molecule has 2 heteroatoms. The number of fused-ring (bicyclic) bond motifs is 2. The Kier molecular flexibility index (Phi) is 5.97. The number of nitrogens with zero attached hydrogens (tertiary/aromatic N) is 1. The average Bonchev–Trinajstić information content (AvgIpc) is 2.95. The van der Waals surface area contributed by atoms with E-state index < -0.39 is 0 Å². The standard InChI is InChI=1S/C16H32N2/c1-17-9-5-3-4-6-10-18(2)13-16-12-14-7-8-15(16)11-14/h14-17H,3-13H2,1-2H3. The molecule has 0 saturated heterocycles. The molecule has 2 aliphatic rings. The van der Waals surface area contributed by atoms with Crippen LogP contribution in [0, 0.1) is 17.8 Å². The van der Waals surface area contributed by atoms with Crippen molar-refractivity contribution in [1.29, 1.82) is 0 Å². The van der Waals surface area contributed by atoms with Crippen molar-refractivity contribution in [1.82, 2.24) is 10.2 Å². The van der Waals surface area contributed by atoms with E-state index in [0.717, 1.165) is 17.8 Å². The lowest BCUT2D eigenvalue weighted by Crippen LogP contribution is -2.29. The summed E-state index contributed by atoms with van der Waals surface area (Å²) < 4.78 is 0. The molecule has 0 radical (unpaired) electrons. The van der Waals surface area contributed by atoms with Gasteiger partial charge in [0.1, 0.15) is 0 Å². The van der Waals surface area contributed by atoms with Gasteiger partial charge in [0.25, 0.3) is 0 Å². The van der Waals surface area contributed by atoms with E-state index in [1.807, 2.05) is 7.05 Å². The van der Waals surface area contributed by atoms with Gasteiger partial charge >= 0.3 is 0 Å². The van der Waals surface area contributed by atoms with E-state index in [4.69, 9.17) is 0 Å². The first-order valence-electron chi connectivity index (χ1n) is 8.12. The monoisotopic (exact) mass is 252 g/mol. The van der Waals surface area contributed by atoms with E-state index in [1.54, 1.807) is 6.42 Å². The fourth-order valence-electron chi connectivity index (χ4n) is 4.13. The summed E-state index contributed by atoms with van der Waals surface area (Å²) in [4.78, 5) is 2.60. The Bertz CT molecular complexity index is 229. The van der Waals surface area contributed by atoms with Crippen molar-refractivity contribution in [2.75, 3.05) is 33.7 Å². The van der Waals surface area contributed by atoms with Crippen molar-refractivity contribution < 1.29 is 0 Å². The maximum Gasteiger partial charge on any atom is 0.000936 e. The molecule has 0 aliphatic heterocycles. The molecular weight excluding hydrogens is 220 g/mol. The molecule has 0 amide bonds. The van der Waals surface area contributed by atoms with Gasteiger partial charge in [-0.25, -0.2) is 0 Å². The van der Waals surface area contributed by atoms with Crippen LogP contribution in [0.15, 0.2) is 0 Å². The molecule has 0 aromatic rings. The average molecular weight is 252 g/mol. The first-order valence-corrected chi connectivity index (χ1v) is 8.12. The molecule has 0 heterocycles. The van der Waals surface area contributed by atoms with Gasteiger partial charge in [0.15, 0.2) is 0 Å². The third kappa shape index (κ3) is 4.24. The molecule has 3 atom stereocenters. The second-order valence-corrected chi connectivity index (χ2v) is 6.71. The van der Waals surface area contributed by atoms with Gasteiger partial charge in [-0.3, -0.25) is 0 Å². The number of hydrogen-bond acceptors (Lipinski definition) is 2. The summed E-state index contributed by atoms with van der Waals surface area (Å²) in [6, 6.07) is 0. The highest BCUT2D eigenvalue weighted by molar-refractivity contribution is 4.90. The van der Waals surface area contributed by atoms with Crippen molar-refractivity contribution >= 4 is 0 Å². The van der Waals surface area contributed by atoms with E-state index in [2.05, 4.69) is 17.3 Å². The maximum absolute atomic E-state index is 3.22. The molecular formula is C16H32N2. The maximum atomic E-state index is 3.22. The van der Waals surface area contributed by atoms with Crippen LogP contribution in [0.2, 0.25) is 0 Å². The van der Waals surface area contributed by atoms with Crippen LogP contribution in [0.4, 0.5) is 0 Å². The van der Waals surface area contributed by atoms with Crippen LogP contribution < -0.4 is 5.32 Å². The zero-order valence-corrected chi connectivity index (χ0v) is 12.5. The first-order chi connectivity index (χ1) is 8.79. The van der Waals surface area contributed by atoms with Gasteiger partial charge in [0.05, 0.1) is 0 Å². The number of rotatable bonds is 9. The van der Waals surface area contributed by atoms with E-state index in [9.17, 15) is 0 Å². The summed E-state index contributed by atoms with van der Waals surface area (Å²) in [6.07, 6.45) is 11.7. The van der Waals surface area contributed by atoms with Gasteiger partial charge in [0.2, 0.25) is 0 Å². The van der Waals surface area contributed by atoms with Gasteiger partial charge in [-0.05, 0) is 77.0 Å². The van der Waals surface area contributed by atoms with E-state index >= 15 is 0 Å². The fraction of sp³-hybridized carbons (Fsp3) is 1.00. The Morgan fingerprint density at radius 3 is 2.56 bits per heavy atom. The predicted octanol–water partition coefficient (Wildman–Crippen LogP) is 3.13. The van der Waals surface area contributed by atoms with E-state index in [-0.39, 0.29) is 0 Å². The second kappa shape index (κ2) is 7.49. The Morgan fingerprint density at radius 2 is 1.89 bits per heavy atom. The zero-order chi connectivity index (χ0) is 12.8. The minimum Gasteiger partial charge on any atom is -0.320 e. The lowest BCUT2D eigenvalue weighted by molar-refractivity contribution is 0.217. The van der Waals surface area contributed by atoms with Crippen LogP contribution in [-0.4, -0.2) is 38.6 Å². The van der Waals surface area contributed by atoms with Gasteiger partial charge in [-0.15, -0.1) is 0 Å². The van der Waals surface area contributed by atoms with Crippen molar-refractivity contribution in [2.24, 2.45) is 17.8 Å². The molecule has 2 aliphatic carbocycles. The number of unbranched alkanes of at least 4 members (excludes halogenated alkanes) is 3. The Balaban J connectivity index is 1.49. The lowest BCUT2D eigenvalue weighted by atomic mass is 9.88. The Morgan fingerprint density at radius 1 is 1.06 bits per heavy atom. The smallest absolute Gasteiger partial charge is 0.000936 e. The van der Waals surface area contributed by atoms with Gasteiger partial charge in [-0.2, -0.15) is 0 Å². The predicted molar refractivity (Wildman–Crippen MR) is 78.8 cm³/mol. The summed E-state index contributed by atoms with van der Waals surface area (Å²) in [5.41, 5.74) is 0. The number of nitrogens with one attached hydrogen (secondary N) is 1. The van der Waals surface area contributed by atoms with Crippen molar-refractivity contribution in [2.45, 2.75) is 51.4 Å². The number of hydrogen-bond donors (Lipinski definition) is 1. The van der Waals surface area contributed by atoms with Crippen LogP contribution >= 0.6 is 0 Å². The molecule has 0 spiro atoms. The van der Waals surface area contributed by atoms with Crippen molar-refractivity contribution in [3.05, 3.63) is 0 Å². The SMILES string of the molecule is CNCCCCCCN(C)CC1CC2CCC1C2. The first kappa shape index (κ1) is 14.3. The van der Waals surface area contributed by atoms with Crippen molar-refractivity contribution in [3.8, 4) is 0 Å². The molecule has 1 N–H and O–H groups in total. The highest BCUT2D eigenvalue weighted by Crippen LogP contribution is 2.48. The van der Waals surface area contributed by atoms with Crippen LogP contribution in [-0.2, 0) is 0 Å². The van der Waals surface area contributed by atoms with E-state index in [0.29, 0.717) is 0 Å². The Hall–Kier alpha value is -0.0800. The van der Waals surface area contributed by atoms with Gasteiger partial charge < -0.3 is 10.2 Å². The minimum atomic E-state index is 1.04. The summed E-state index contributed by atoms with van der Waals surface area (Å²) >= 11 is 0. The summed E-state index contributed by atoms with van der Waals surface area (Å²) in [5, 5.41) is 3.22. The van der Waals surface area contributed by atoms with Crippen molar-refractivity contribution in [3.63, 3.8) is 0 Å². The summed E-state index contributed by atoms with van der Waals surface area (Å²) in [6.45, 7) is 3.87. The normalized spacial score (nSPS) is 30.5. The highest BCUT2D eigenvalue weighted by Gasteiger charge is 2.39. The van der Waals surface area contributed by atoms with Crippen LogP contribution in [0.25, 0.3) is 0 Å². The zero-order valence-electron chi connectivity index (χ0n) is 12.5. The molecule has 2 rings (SSSR count). The third-order valence-electron chi connectivity index (χ3n) is 5.15. The van der Waals surface area contributed by atoms with Crippen LogP contribution in [0.3, 0.4) is 0 Å². The topological polar surface area (TPSA) is 15.3 Å². The second-order valence-electron chi connectivity index (χ2n) is 6.71. The molecule has 2 nitrogen and oxygen atoms in total. The molecule has 2 bridgehead atoms. The third-order valence-corrected chi connectivity index (χ3v) is 5.15. The lowest BCUT2D eigenvalue weighted by Gasteiger charge is -2.27. The molecule has 106 valence electrons. The largest absolute Gasteiger partial charge is 0.320 e. The van der Waals surface area contributed by atoms with Gasteiger partial charge in [-0.1, -0.05) is 19.3 Å². The fourth-order valence-corrected chi connectivity index (χ4v) is 4.13. The quantitative estimate of drug-likeness (QED) is 0.634. The Labute approximate surface area is 114 Å². The van der Waals surface area contributed by atoms with Gasteiger partial charge in [0, 0.05) is 6.54 Å². The molecule has 0 aromatic heterocycles. The molecule has 2 saturated carbocycles. The molecule has 3 unspecified atom stereocenters. The van der Waals surface area contributed by atoms with E-state index in [1.165, 1.54) is 64.6 Å². The molecule has 2 fully saturated rings. The molecule has 18 heavy (non-hydrogen) atoms. The summed E-state index contributed by atoms with van der Waals surface area (Å²) in [7, 11) is 4.38.